The summed E-state index contributed by atoms with van der Waals surface area (Å²) in [6.45, 7) is 0. The highest BCUT2D eigenvalue weighted by molar-refractivity contribution is 7.97. The van der Waals surface area contributed by atoms with Crippen molar-refractivity contribution >= 4 is 39.3 Å². The summed E-state index contributed by atoms with van der Waals surface area (Å²) in [7, 11) is 0. The molecule has 30 heavy (non-hydrogen) atoms. The van der Waals surface area contributed by atoms with E-state index in [0.717, 1.165) is 44.0 Å². The van der Waals surface area contributed by atoms with Gasteiger partial charge in [0.05, 0.1) is 10.4 Å². The van der Waals surface area contributed by atoms with E-state index in [4.69, 9.17) is 16.0 Å². The van der Waals surface area contributed by atoms with E-state index in [2.05, 4.69) is 40.4 Å². The molecule has 0 aliphatic carbocycles. The van der Waals surface area contributed by atoms with Crippen LogP contribution in [0, 0.1) is 0 Å². The minimum absolute atomic E-state index is 0.491. The first-order chi connectivity index (χ1) is 14.7. The van der Waals surface area contributed by atoms with Crippen molar-refractivity contribution < 1.29 is 0 Å². The number of aromatic nitrogens is 4. The van der Waals surface area contributed by atoms with Crippen LogP contribution in [0.15, 0.2) is 77.4 Å². The van der Waals surface area contributed by atoms with Crippen LogP contribution in [0.1, 0.15) is 11.1 Å². The topological polar surface area (TPSA) is 95.6 Å². The molecule has 0 unspecified atom stereocenters. The van der Waals surface area contributed by atoms with Crippen LogP contribution in [-0.4, -0.2) is 19.7 Å². The Kier molecular flexibility index (Phi) is 4.96. The second kappa shape index (κ2) is 7.91. The lowest BCUT2D eigenvalue weighted by Crippen LogP contribution is -1.96. The van der Waals surface area contributed by atoms with Gasteiger partial charge in [0.1, 0.15) is 23.3 Å². The van der Waals surface area contributed by atoms with E-state index in [1.807, 2.05) is 40.4 Å². The Morgan fingerprint density at radius 3 is 2.57 bits per heavy atom. The smallest absolute Gasteiger partial charge is 0.144 e. The maximum Gasteiger partial charge on any atom is 0.144 e. The van der Waals surface area contributed by atoms with Gasteiger partial charge < -0.3 is 5.73 Å². The Bertz CT molecular complexity index is 1310. The number of fused-ring (bicyclic) bond motifs is 1. The minimum atomic E-state index is 0.491. The lowest BCUT2D eigenvalue weighted by Gasteiger charge is -2.04. The maximum atomic E-state index is 6.02. The molecule has 0 spiro atoms. The number of thiophene rings is 1. The van der Waals surface area contributed by atoms with Gasteiger partial charge in [-0.25, -0.2) is 14.6 Å². The summed E-state index contributed by atoms with van der Waals surface area (Å²) < 4.78 is 2.77. The van der Waals surface area contributed by atoms with Crippen LogP contribution in [0.5, 0.6) is 0 Å². The predicted octanol–water partition coefficient (Wildman–Crippen LogP) is 4.68. The molecule has 0 atom stereocenters. The highest BCUT2D eigenvalue weighted by Gasteiger charge is 2.16. The normalized spacial score (nSPS) is 11.2. The maximum absolute atomic E-state index is 6.02. The molecule has 2 aromatic carbocycles. The standard InChI is InChI=1S/C22H18N6S2/c23-22-21-20(25-13-26-22)18(12-29-21)28-11-16(10-14-6-8-17(30-24)9-7-14)19(27-28)15-4-2-1-3-5-15/h1-9,11-13H,10,24H2,(H2,23,25,26). The van der Waals surface area contributed by atoms with E-state index in [1.165, 1.54) is 35.2 Å². The zero-order chi connectivity index (χ0) is 20.5. The molecule has 4 N–H and O–H groups in total. The van der Waals surface area contributed by atoms with Gasteiger partial charge in [0.15, 0.2) is 0 Å². The van der Waals surface area contributed by atoms with Crippen molar-refractivity contribution in [2.24, 2.45) is 5.14 Å². The third-order valence-corrected chi connectivity index (χ3v) is 6.42. The molecule has 0 amide bonds. The average Bonchev–Trinajstić information content (AvgIpc) is 3.40. The second-order valence-electron chi connectivity index (χ2n) is 6.81. The third-order valence-electron chi connectivity index (χ3n) is 4.90. The Labute approximate surface area is 181 Å². The first-order valence-electron chi connectivity index (χ1n) is 9.30. The number of hydrogen-bond donors (Lipinski definition) is 2. The molecule has 5 aromatic rings. The number of nitrogen functional groups attached to an aromatic ring is 1. The van der Waals surface area contributed by atoms with Gasteiger partial charge in [0.25, 0.3) is 0 Å². The van der Waals surface area contributed by atoms with Crippen LogP contribution in [0.4, 0.5) is 5.82 Å². The molecule has 0 aliphatic heterocycles. The second-order valence-corrected chi connectivity index (χ2v) is 8.40. The zero-order valence-corrected chi connectivity index (χ0v) is 17.5. The van der Waals surface area contributed by atoms with E-state index in [-0.39, 0.29) is 0 Å². The van der Waals surface area contributed by atoms with Crippen molar-refractivity contribution in [3.05, 3.63) is 83.6 Å². The number of nitrogens with two attached hydrogens (primary N) is 2. The molecule has 6 nitrogen and oxygen atoms in total. The molecule has 3 heterocycles. The Hall–Kier alpha value is -3.20. The molecule has 5 rings (SSSR count). The van der Waals surface area contributed by atoms with Gasteiger partial charge in [-0.1, -0.05) is 42.5 Å². The van der Waals surface area contributed by atoms with Crippen molar-refractivity contribution in [3.8, 4) is 16.9 Å². The largest absolute Gasteiger partial charge is 0.382 e. The molecule has 3 aromatic heterocycles. The first-order valence-corrected chi connectivity index (χ1v) is 11.1. The van der Waals surface area contributed by atoms with E-state index < -0.39 is 0 Å². The van der Waals surface area contributed by atoms with Crippen LogP contribution in [-0.2, 0) is 6.42 Å². The molecule has 148 valence electrons. The Morgan fingerprint density at radius 1 is 1.00 bits per heavy atom. The summed E-state index contributed by atoms with van der Waals surface area (Å²) in [4.78, 5) is 9.57. The van der Waals surface area contributed by atoms with Gasteiger partial charge in [-0.05, 0) is 29.6 Å². The quantitative estimate of drug-likeness (QED) is 0.393. The van der Waals surface area contributed by atoms with E-state index in [1.54, 1.807) is 0 Å². The van der Waals surface area contributed by atoms with Gasteiger partial charge in [-0.3, -0.25) is 5.14 Å². The Morgan fingerprint density at radius 2 is 1.80 bits per heavy atom. The number of rotatable bonds is 5. The van der Waals surface area contributed by atoms with Crippen molar-refractivity contribution in [2.75, 3.05) is 5.73 Å². The van der Waals surface area contributed by atoms with Crippen LogP contribution < -0.4 is 10.9 Å². The van der Waals surface area contributed by atoms with Crippen LogP contribution in [0.3, 0.4) is 0 Å². The van der Waals surface area contributed by atoms with Crippen molar-refractivity contribution in [2.45, 2.75) is 11.3 Å². The predicted molar refractivity (Wildman–Crippen MR) is 124 cm³/mol. The van der Waals surface area contributed by atoms with Crippen LogP contribution in [0.2, 0.25) is 0 Å². The highest BCUT2D eigenvalue weighted by Crippen LogP contribution is 2.32. The molecule has 0 saturated carbocycles. The van der Waals surface area contributed by atoms with Crippen molar-refractivity contribution in [1.29, 1.82) is 0 Å². The highest BCUT2D eigenvalue weighted by atomic mass is 32.2. The number of nitrogens with zero attached hydrogens (tertiary/aromatic N) is 4. The summed E-state index contributed by atoms with van der Waals surface area (Å²) in [6, 6.07) is 18.5. The fourth-order valence-electron chi connectivity index (χ4n) is 3.43. The van der Waals surface area contributed by atoms with Gasteiger partial charge in [-0.2, -0.15) is 5.10 Å². The third kappa shape index (κ3) is 3.45. The van der Waals surface area contributed by atoms with Crippen LogP contribution >= 0.6 is 23.3 Å². The summed E-state index contributed by atoms with van der Waals surface area (Å²) in [5, 5.41) is 12.6. The first kappa shape index (κ1) is 18.8. The summed E-state index contributed by atoms with van der Waals surface area (Å²) in [6.07, 6.45) is 4.33. The number of hydrogen-bond acceptors (Lipinski definition) is 7. The summed E-state index contributed by atoms with van der Waals surface area (Å²) >= 11 is 2.78. The van der Waals surface area contributed by atoms with Gasteiger partial charge >= 0.3 is 0 Å². The molecule has 0 saturated heterocycles. The summed E-state index contributed by atoms with van der Waals surface area (Å²) in [5.74, 6) is 0.491. The zero-order valence-electron chi connectivity index (χ0n) is 15.9. The van der Waals surface area contributed by atoms with E-state index >= 15 is 0 Å². The fourth-order valence-corrected chi connectivity index (χ4v) is 4.61. The van der Waals surface area contributed by atoms with Gasteiger partial charge in [0.2, 0.25) is 0 Å². The SMILES string of the molecule is NSc1ccc(Cc2cn(-c3csc4c(N)ncnc34)nc2-c2ccccc2)cc1. The monoisotopic (exact) mass is 430 g/mol. The van der Waals surface area contributed by atoms with Crippen molar-refractivity contribution in [1.82, 2.24) is 19.7 Å². The van der Waals surface area contributed by atoms with Gasteiger partial charge in [-0.15, -0.1) is 11.3 Å². The van der Waals surface area contributed by atoms with E-state index in [0.29, 0.717) is 5.82 Å². The molecule has 0 radical (unpaired) electrons. The van der Waals surface area contributed by atoms with Gasteiger partial charge in [0, 0.05) is 34.0 Å². The van der Waals surface area contributed by atoms with Crippen molar-refractivity contribution in [3.63, 3.8) is 0 Å². The lowest BCUT2D eigenvalue weighted by molar-refractivity contribution is 0.891. The molecular formula is C22H18N6S2. The fraction of sp³-hybridized carbons (Fsp3) is 0.0455. The Balaban J connectivity index is 1.61. The molecule has 8 heteroatoms. The minimum Gasteiger partial charge on any atom is -0.382 e. The van der Waals surface area contributed by atoms with Crippen LogP contribution in [0.25, 0.3) is 27.2 Å². The van der Waals surface area contributed by atoms with E-state index in [9.17, 15) is 0 Å². The molecule has 0 fully saturated rings. The number of benzene rings is 2. The average molecular weight is 431 g/mol. The number of anilines is 1. The molecule has 0 bridgehead atoms. The molecular weight excluding hydrogens is 412 g/mol. The summed E-state index contributed by atoms with van der Waals surface area (Å²) in [5.41, 5.74) is 12.1. The lowest BCUT2D eigenvalue weighted by atomic mass is 10.0. The molecule has 0 aliphatic rings.